The van der Waals surface area contributed by atoms with E-state index in [9.17, 15) is 5.11 Å². The first-order valence-corrected chi connectivity index (χ1v) is 9.92. The average Bonchev–Trinajstić information content (AvgIpc) is 2.99. The van der Waals surface area contributed by atoms with Crippen LogP contribution >= 0.6 is 0 Å². The number of methoxy groups -OCH3 is 1. The lowest BCUT2D eigenvalue weighted by Gasteiger charge is -2.23. The average molecular weight is 389 g/mol. The van der Waals surface area contributed by atoms with Gasteiger partial charge in [-0.25, -0.2) is 4.98 Å². The second-order valence-corrected chi connectivity index (χ2v) is 9.13. The first kappa shape index (κ1) is 19.5. The third-order valence-electron chi connectivity index (χ3n) is 5.50. The Hall–Kier alpha value is -2.85. The van der Waals surface area contributed by atoms with Crippen LogP contribution in [0.25, 0.3) is 27.6 Å². The van der Waals surface area contributed by atoms with E-state index in [1.54, 1.807) is 21.0 Å². The summed E-state index contributed by atoms with van der Waals surface area (Å²) in [5.41, 5.74) is 3.95. The Balaban J connectivity index is 2.14. The van der Waals surface area contributed by atoms with Crippen molar-refractivity contribution in [2.75, 3.05) is 7.11 Å². The summed E-state index contributed by atoms with van der Waals surface area (Å²) in [6, 6.07) is 16.5. The van der Waals surface area contributed by atoms with Gasteiger partial charge in [0.2, 0.25) is 0 Å². The minimum Gasteiger partial charge on any atom is -0.497 e. The molecule has 0 unspecified atom stereocenters. The van der Waals surface area contributed by atoms with Crippen LogP contribution in [0.1, 0.15) is 45.7 Å². The normalized spacial score (nSPS) is 12.7. The van der Waals surface area contributed by atoms with Crippen molar-refractivity contribution >= 4 is 21.9 Å². The van der Waals surface area contributed by atoms with Gasteiger partial charge >= 0.3 is 0 Å². The quantitative estimate of drug-likeness (QED) is 0.489. The summed E-state index contributed by atoms with van der Waals surface area (Å²) in [4.78, 5) is 4.71. The molecule has 4 nitrogen and oxygen atoms in total. The molecule has 0 aliphatic heterocycles. The van der Waals surface area contributed by atoms with Crippen molar-refractivity contribution in [1.29, 1.82) is 0 Å². The lowest BCUT2D eigenvalue weighted by Crippen LogP contribution is -2.19. The number of nitrogens with zero attached hydrogens (tertiary/aromatic N) is 2. The molecule has 4 rings (SSSR count). The van der Waals surface area contributed by atoms with Crippen LogP contribution in [-0.2, 0) is 11.0 Å². The summed E-state index contributed by atoms with van der Waals surface area (Å²) >= 11 is 0. The van der Waals surface area contributed by atoms with Gasteiger partial charge in [0.25, 0.3) is 0 Å². The van der Waals surface area contributed by atoms with E-state index in [0.29, 0.717) is 0 Å². The number of rotatable bonds is 3. The van der Waals surface area contributed by atoms with Crippen molar-refractivity contribution in [2.45, 2.75) is 45.6 Å². The van der Waals surface area contributed by atoms with E-state index in [2.05, 4.69) is 49.6 Å². The minimum atomic E-state index is -1.01. The van der Waals surface area contributed by atoms with Crippen LogP contribution in [0, 0.1) is 0 Å². The lowest BCUT2D eigenvalue weighted by atomic mass is 9.86. The van der Waals surface area contributed by atoms with Gasteiger partial charge in [-0.2, -0.15) is 0 Å². The van der Waals surface area contributed by atoms with Gasteiger partial charge in [-0.15, -0.1) is 0 Å². The summed E-state index contributed by atoms with van der Waals surface area (Å²) in [6.07, 6.45) is 1.81. The molecule has 0 saturated carbocycles. The predicted molar refractivity (Wildman–Crippen MR) is 119 cm³/mol. The molecule has 0 amide bonds. The minimum absolute atomic E-state index is 0.0546. The molecule has 0 aliphatic carbocycles. The Morgan fingerprint density at radius 3 is 2.34 bits per heavy atom. The van der Waals surface area contributed by atoms with E-state index in [0.717, 1.165) is 38.9 Å². The molecule has 0 saturated heterocycles. The van der Waals surface area contributed by atoms with Gasteiger partial charge in [0.1, 0.15) is 11.4 Å². The highest BCUT2D eigenvalue weighted by Crippen LogP contribution is 2.38. The number of pyridine rings is 1. The molecular weight excluding hydrogens is 360 g/mol. The van der Waals surface area contributed by atoms with E-state index in [1.165, 1.54) is 5.56 Å². The van der Waals surface area contributed by atoms with Gasteiger partial charge < -0.3 is 9.84 Å². The Bertz CT molecular complexity index is 1210. The lowest BCUT2D eigenvalue weighted by molar-refractivity contribution is 0.0785. The summed E-state index contributed by atoms with van der Waals surface area (Å²) < 4.78 is 7.63. The molecule has 2 aromatic carbocycles. The number of fused-ring (bicyclic) bond motifs is 3. The number of aromatic nitrogens is 2. The molecule has 0 spiro atoms. The largest absolute Gasteiger partial charge is 0.497 e. The Morgan fingerprint density at radius 1 is 0.931 bits per heavy atom. The maximum atomic E-state index is 10.9. The number of hydrogen-bond acceptors (Lipinski definition) is 3. The van der Waals surface area contributed by atoms with Crippen LogP contribution in [0.5, 0.6) is 5.75 Å². The molecule has 2 aromatic heterocycles. The third kappa shape index (κ3) is 3.28. The molecule has 2 heterocycles. The smallest absolute Gasteiger partial charge is 0.145 e. The zero-order chi connectivity index (χ0) is 21.0. The van der Waals surface area contributed by atoms with Crippen LogP contribution < -0.4 is 4.74 Å². The molecule has 29 heavy (non-hydrogen) atoms. The topological polar surface area (TPSA) is 47.3 Å². The van der Waals surface area contributed by atoms with Crippen molar-refractivity contribution in [3.8, 4) is 11.4 Å². The number of hydrogen-bond donors (Lipinski definition) is 1. The number of benzene rings is 2. The highest BCUT2D eigenvalue weighted by molar-refractivity contribution is 6.08. The predicted octanol–water partition coefficient (Wildman–Crippen LogP) is 5.71. The molecule has 0 atom stereocenters. The van der Waals surface area contributed by atoms with E-state index >= 15 is 0 Å². The zero-order valence-corrected chi connectivity index (χ0v) is 17.9. The third-order valence-corrected chi connectivity index (χ3v) is 5.50. The number of aliphatic hydroxyl groups is 1. The van der Waals surface area contributed by atoms with E-state index in [1.807, 2.05) is 30.5 Å². The van der Waals surface area contributed by atoms with E-state index in [4.69, 9.17) is 9.72 Å². The molecule has 4 heteroatoms. The van der Waals surface area contributed by atoms with Crippen molar-refractivity contribution in [3.63, 3.8) is 0 Å². The summed E-state index contributed by atoms with van der Waals surface area (Å²) in [5, 5.41) is 13.1. The molecular formula is C25H28N2O2. The van der Waals surface area contributed by atoms with Crippen LogP contribution in [0.2, 0.25) is 0 Å². The van der Waals surface area contributed by atoms with Gasteiger partial charge in [0.05, 0.1) is 23.9 Å². The van der Waals surface area contributed by atoms with Crippen molar-refractivity contribution in [2.24, 2.45) is 0 Å². The maximum absolute atomic E-state index is 10.9. The fraction of sp³-hybridized carbons (Fsp3) is 0.320. The standard InChI is InChI=1S/C25H28N2O2/c1-24(2,3)16-9-12-21-19(14-16)18-8-7-13-26-23(18)27(21)22-15-17(29-6)10-11-20(22)25(4,5)28/h7-15,28H,1-6H3. The fourth-order valence-corrected chi connectivity index (χ4v) is 3.90. The van der Waals surface area contributed by atoms with E-state index < -0.39 is 5.60 Å². The monoisotopic (exact) mass is 388 g/mol. The Morgan fingerprint density at radius 2 is 1.69 bits per heavy atom. The van der Waals surface area contributed by atoms with Crippen LogP contribution in [0.3, 0.4) is 0 Å². The molecule has 150 valence electrons. The molecule has 0 aliphatic rings. The van der Waals surface area contributed by atoms with Crippen LogP contribution in [0.4, 0.5) is 0 Å². The van der Waals surface area contributed by atoms with Gasteiger partial charge in [-0.1, -0.05) is 32.9 Å². The number of ether oxygens (including phenoxy) is 1. The van der Waals surface area contributed by atoms with Gasteiger partial charge in [0.15, 0.2) is 0 Å². The highest BCUT2D eigenvalue weighted by Gasteiger charge is 2.25. The van der Waals surface area contributed by atoms with Crippen molar-refractivity contribution in [3.05, 3.63) is 65.9 Å². The molecule has 0 bridgehead atoms. The van der Waals surface area contributed by atoms with Crippen molar-refractivity contribution in [1.82, 2.24) is 9.55 Å². The Labute approximate surface area is 171 Å². The van der Waals surface area contributed by atoms with Gasteiger partial charge in [0, 0.05) is 28.6 Å². The van der Waals surface area contributed by atoms with Crippen LogP contribution in [0.15, 0.2) is 54.7 Å². The van der Waals surface area contributed by atoms with Crippen molar-refractivity contribution < 1.29 is 9.84 Å². The van der Waals surface area contributed by atoms with Gasteiger partial charge in [-0.05, 0) is 55.2 Å². The van der Waals surface area contributed by atoms with Crippen LogP contribution in [-0.4, -0.2) is 21.8 Å². The molecule has 0 fully saturated rings. The second-order valence-electron chi connectivity index (χ2n) is 9.13. The van der Waals surface area contributed by atoms with E-state index in [-0.39, 0.29) is 5.41 Å². The maximum Gasteiger partial charge on any atom is 0.145 e. The first-order chi connectivity index (χ1) is 13.6. The summed E-state index contributed by atoms with van der Waals surface area (Å²) in [5.74, 6) is 0.741. The SMILES string of the molecule is COc1ccc(C(C)(C)O)c(-n2c3ccc(C(C)(C)C)cc3c3cccnc32)c1. The highest BCUT2D eigenvalue weighted by atomic mass is 16.5. The molecule has 0 radical (unpaired) electrons. The fourth-order valence-electron chi connectivity index (χ4n) is 3.90. The molecule has 1 N–H and O–H groups in total. The second kappa shape index (κ2) is 6.60. The molecule has 4 aromatic rings. The van der Waals surface area contributed by atoms with Gasteiger partial charge in [-0.3, -0.25) is 4.57 Å². The summed E-state index contributed by atoms with van der Waals surface area (Å²) in [6.45, 7) is 10.3. The zero-order valence-electron chi connectivity index (χ0n) is 17.9. The first-order valence-electron chi connectivity index (χ1n) is 9.92. The summed E-state index contributed by atoms with van der Waals surface area (Å²) in [7, 11) is 1.66. The Kier molecular flexibility index (Phi) is 4.43.